The Morgan fingerprint density at radius 2 is 2.10 bits per heavy atom. The van der Waals surface area contributed by atoms with E-state index >= 15 is 0 Å². The summed E-state index contributed by atoms with van der Waals surface area (Å²) in [5.74, 6) is 0.738. The minimum Gasteiger partial charge on any atom is -0.496 e. The lowest BCUT2D eigenvalue weighted by Crippen LogP contribution is -2.10. The molecule has 0 fully saturated rings. The quantitative estimate of drug-likeness (QED) is 0.823. The van der Waals surface area contributed by atoms with Crippen LogP contribution >= 0.6 is 31.9 Å². The number of aliphatic hydroxyl groups is 1. The standard InChI is InChI=1S/C14H16Br2N2O2/c1-3-6-18-13(11(16)8-17-18)14(19)9-4-5-12(20-2)10(15)7-9/h4-5,7-8,14,19H,3,6H2,1-2H3. The fourth-order valence-electron chi connectivity index (χ4n) is 2.04. The molecule has 1 N–H and O–H groups in total. The molecule has 6 heteroatoms. The summed E-state index contributed by atoms with van der Waals surface area (Å²) in [6.45, 7) is 2.85. The number of aryl methyl sites for hydroxylation is 1. The lowest BCUT2D eigenvalue weighted by Gasteiger charge is -2.15. The molecular weight excluding hydrogens is 388 g/mol. The van der Waals surface area contributed by atoms with E-state index in [4.69, 9.17) is 4.74 Å². The Kier molecular flexibility index (Phi) is 5.23. The Hall–Kier alpha value is -0.850. The maximum Gasteiger partial charge on any atom is 0.133 e. The van der Waals surface area contributed by atoms with Crippen LogP contribution in [-0.2, 0) is 6.54 Å². The van der Waals surface area contributed by atoms with Gasteiger partial charge in [0.15, 0.2) is 0 Å². The minimum atomic E-state index is -0.736. The molecule has 1 aromatic carbocycles. The molecule has 0 amide bonds. The van der Waals surface area contributed by atoms with Gasteiger partial charge in [-0.15, -0.1) is 0 Å². The van der Waals surface area contributed by atoms with Crippen molar-refractivity contribution < 1.29 is 9.84 Å². The number of nitrogens with zero attached hydrogens (tertiary/aromatic N) is 2. The number of hydrogen-bond donors (Lipinski definition) is 1. The maximum atomic E-state index is 10.6. The number of ether oxygens (including phenoxy) is 1. The molecule has 1 unspecified atom stereocenters. The van der Waals surface area contributed by atoms with Crippen LogP contribution in [0.3, 0.4) is 0 Å². The molecule has 108 valence electrons. The van der Waals surface area contributed by atoms with Gasteiger partial charge >= 0.3 is 0 Å². The number of halogens is 2. The molecule has 0 saturated carbocycles. The van der Waals surface area contributed by atoms with Gasteiger partial charge in [0.2, 0.25) is 0 Å². The third-order valence-corrected chi connectivity index (χ3v) is 4.25. The van der Waals surface area contributed by atoms with E-state index < -0.39 is 6.10 Å². The highest BCUT2D eigenvalue weighted by Crippen LogP contribution is 2.33. The fourth-order valence-corrected chi connectivity index (χ4v) is 3.12. The molecule has 4 nitrogen and oxygen atoms in total. The van der Waals surface area contributed by atoms with Gasteiger partial charge in [-0.05, 0) is 56.0 Å². The monoisotopic (exact) mass is 402 g/mol. The molecule has 0 spiro atoms. The highest BCUT2D eigenvalue weighted by Gasteiger charge is 2.20. The third-order valence-electron chi connectivity index (χ3n) is 3.02. The average molecular weight is 404 g/mol. The SMILES string of the molecule is CCCn1ncc(Br)c1C(O)c1ccc(OC)c(Br)c1. The van der Waals surface area contributed by atoms with Crippen LogP contribution in [0.1, 0.15) is 30.7 Å². The van der Waals surface area contributed by atoms with Crippen molar-refractivity contribution in [2.75, 3.05) is 7.11 Å². The van der Waals surface area contributed by atoms with Crippen LogP contribution in [0.25, 0.3) is 0 Å². The summed E-state index contributed by atoms with van der Waals surface area (Å²) in [6, 6.07) is 5.54. The molecule has 0 aliphatic rings. The minimum absolute atomic E-state index is 0.736. The van der Waals surface area contributed by atoms with Gasteiger partial charge in [-0.2, -0.15) is 5.10 Å². The van der Waals surface area contributed by atoms with Gasteiger partial charge in [-0.3, -0.25) is 4.68 Å². The van der Waals surface area contributed by atoms with Crippen molar-refractivity contribution in [3.8, 4) is 5.75 Å². The number of methoxy groups -OCH3 is 1. The van der Waals surface area contributed by atoms with Gasteiger partial charge in [-0.1, -0.05) is 13.0 Å². The first-order valence-corrected chi connectivity index (χ1v) is 7.89. The Morgan fingerprint density at radius 1 is 1.35 bits per heavy atom. The van der Waals surface area contributed by atoms with Crippen molar-refractivity contribution in [2.45, 2.75) is 26.0 Å². The topological polar surface area (TPSA) is 47.3 Å². The molecule has 2 aromatic rings. The van der Waals surface area contributed by atoms with E-state index in [1.165, 1.54) is 0 Å². The molecule has 0 radical (unpaired) electrons. The zero-order valence-electron chi connectivity index (χ0n) is 11.3. The van der Waals surface area contributed by atoms with Crippen molar-refractivity contribution >= 4 is 31.9 Å². The van der Waals surface area contributed by atoms with Gasteiger partial charge in [0.1, 0.15) is 11.9 Å². The lowest BCUT2D eigenvalue weighted by molar-refractivity contribution is 0.206. The first-order chi connectivity index (χ1) is 9.58. The smallest absolute Gasteiger partial charge is 0.133 e. The van der Waals surface area contributed by atoms with E-state index in [0.29, 0.717) is 0 Å². The van der Waals surface area contributed by atoms with E-state index in [0.717, 1.165) is 38.9 Å². The molecule has 1 aromatic heterocycles. The van der Waals surface area contributed by atoms with Gasteiger partial charge in [0, 0.05) is 6.54 Å². The molecule has 0 aliphatic carbocycles. The van der Waals surface area contributed by atoms with E-state index in [9.17, 15) is 5.11 Å². The predicted octanol–water partition coefficient (Wildman–Crippen LogP) is 3.91. The molecule has 0 aliphatic heterocycles. The number of rotatable bonds is 5. The summed E-state index contributed by atoms with van der Waals surface area (Å²) in [5.41, 5.74) is 1.56. The van der Waals surface area contributed by atoms with E-state index in [2.05, 4.69) is 43.9 Å². The van der Waals surface area contributed by atoms with Crippen molar-refractivity contribution in [3.63, 3.8) is 0 Å². The largest absolute Gasteiger partial charge is 0.496 e. The van der Waals surface area contributed by atoms with E-state index in [1.807, 2.05) is 22.9 Å². The zero-order chi connectivity index (χ0) is 14.7. The summed E-state index contributed by atoms with van der Waals surface area (Å²) in [6.07, 6.45) is 1.94. The molecule has 0 saturated heterocycles. The van der Waals surface area contributed by atoms with Gasteiger partial charge in [-0.25, -0.2) is 0 Å². The molecule has 20 heavy (non-hydrogen) atoms. The number of aromatic nitrogens is 2. The fraction of sp³-hybridized carbons (Fsp3) is 0.357. The highest BCUT2D eigenvalue weighted by molar-refractivity contribution is 9.10. The third kappa shape index (κ3) is 3.07. The average Bonchev–Trinajstić information content (AvgIpc) is 2.79. The molecular formula is C14H16Br2N2O2. The van der Waals surface area contributed by atoms with Crippen molar-refractivity contribution in [1.82, 2.24) is 9.78 Å². The first kappa shape index (κ1) is 15.5. The Morgan fingerprint density at radius 3 is 2.70 bits per heavy atom. The molecule has 1 heterocycles. The predicted molar refractivity (Wildman–Crippen MR) is 85.0 cm³/mol. The summed E-state index contributed by atoms with van der Waals surface area (Å²) >= 11 is 6.89. The van der Waals surface area contributed by atoms with E-state index in [-0.39, 0.29) is 0 Å². The Labute approximate surface area is 135 Å². The second kappa shape index (κ2) is 6.74. The van der Waals surface area contributed by atoms with Gasteiger partial charge in [0.25, 0.3) is 0 Å². The number of hydrogen-bond acceptors (Lipinski definition) is 3. The zero-order valence-corrected chi connectivity index (χ0v) is 14.5. The molecule has 2 rings (SSSR count). The van der Waals surface area contributed by atoms with Crippen LogP contribution in [0.15, 0.2) is 33.3 Å². The summed E-state index contributed by atoms with van der Waals surface area (Å²) < 4.78 is 8.65. The first-order valence-electron chi connectivity index (χ1n) is 6.31. The summed E-state index contributed by atoms with van der Waals surface area (Å²) in [7, 11) is 1.61. The van der Waals surface area contributed by atoms with E-state index in [1.54, 1.807) is 13.3 Å². The van der Waals surface area contributed by atoms with Crippen LogP contribution in [0.2, 0.25) is 0 Å². The van der Waals surface area contributed by atoms with Crippen LogP contribution in [0.4, 0.5) is 0 Å². The van der Waals surface area contributed by atoms with Crippen molar-refractivity contribution in [1.29, 1.82) is 0 Å². The number of benzene rings is 1. The van der Waals surface area contributed by atoms with Crippen LogP contribution in [-0.4, -0.2) is 22.0 Å². The molecule has 0 bridgehead atoms. The van der Waals surface area contributed by atoms with Gasteiger partial charge in [0.05, 0.1) is 27.9 Å². The normalized spacial score (nSPS) is 12.4. The van der Waals surface area contributed by atoms with Crippen LogP contribution < -0.4 is 4.74 Å². The summed E-state index contributed by atoms with van der Waals surface area (Å²) in [4.78, 5) is 0. The second-order valence-electron chi connectivity index (χ2n) is 4.40. The summed E-state index contributed by atoms with van der Waals surface area (Å²) in [5, 5.41) is 14.9. The van der Waals surface area contributed by atoms with Crippen molar-refractivity contribution in [3.05, 3.63) is 44.6 Å². The second-order valence-corrected chi connectivity index (χ2v) is 6.11. The maximum absolute atomic E-state index is 10.6. The van der Waals surface area contributed by atoms with Crippen molar-refractivity contribution in [2.24, 2.45) is 0 Å². The van der Waals surface area contributed by atoms with Crippen LogP contribution in [0.5, 0.6) is 5.75 Å². The highest BCUT2D eigenvalue weighted by atomic mass is 79.9. The number of aliphatic hydroxyl groups excluding tert-OH is 1. The Balaban J connectivity index is 2.38. The van der Waals surface area contributed by atoms with Crippen LogP contribution in [0, 0.1) is 0 Å². The lowest BCUT2D eigenvalue weighted by atomic mass is 10.1. The Bertz CT molecular complexity index is 599. The van der Waals surface area contributed by atoms with Gasteiger partial charge < -0.3 is 9.84 Å². The molecule has 1 atom stereocenters.